The third kappa shape index (κ3) is 5.56. The molecule has 24 heavy (non-hydrogen) atoms. The van der Waals surface area contributed by atoms with Gasteiger partial charge in [0.25, 0.3) is 0 Å². The fourth-order valence-corrected chi connectivity index (χ4v) is 2.31. The summed E-state index contributed by atoms with van der Waals surface area (Å²) in [4.78, 5) is 10.5. The Bertz CT molecular complexity index is 759. The molecule has 3 rings (SSSR count). The molecular formula is C21H19ClO2. The van der Waals surface area contributed by atoms with Crippen LogP contribution in [0.4, 0.5) is 0 Å². The molecule has 2 nitrogen and oxygen atoms in total. The number of rotatable bonds is 3. The minimum Gasteiger partial charge on any atom is -0.481 e. The number of carbonyl (C=O) groups is 1. The van der Waals surface area contributed by atoms with Gasteiger partial charge in [-0.2, -0.15) is 0 Å². The summed E-state index contributed by atoms with van der Waals surface area (Å²) in [7, 11) is 0. The SMILES string of the molecule is Cc1ccccc1Cl.O=C(O)Cc1ccc(-c2ccccc2)cc1. The van der Waals surface area contributed by atoms with Crippen LogP contribution in [0.25, 0.3) is 11.1 Å². The normalized spacial score (nSPS) is 9.75. The number of aliphatic carboxylic acids is 1. The monoisotopic (exact) mass is 338 g/mol. The first-order valence-electron chi connectivity index (χ1n) is 7.63. The molecule has 0 amide bonds. The highest BCUT2D eigenvalue weighted by Crippen LogP contribution is 2.19. The molecular weight excluding hydrogens is 320 g/mol. The van der Waals surface area contributed by atoms with Gasteiger partial charge in [0.15, 0.2) is 0 Å². The Morgan fingerprint density at radius 1 is 0.833 bits per heavy atom. The molecule has 0 saturated heterocycles. The summed E-state index contributed by atoms with van der Waals surface area (Å²) >= 11 is 5.71. The Labute approximate surface area is 147 Å². The number of halogens is 1. The van der Waals surface area contributed by atoms with Gasteiger partial charge in [0.05, 0.1) is 6.42 Å². The van der Waals surface area contributed by atoms with Crippen LogP contribution in [-0.4, -0.2) is 11.1 Å². The van der Waals surface area contributed by atoms with Crippen LogP contribution in [0.1, 0.15) is 11.1 Å². The van der Waals surface area contributed by atoms with E-state index < -0.39 is 5.97 Å². The standard InChI is InChI=1S/C14H12O2.C7H7Cl/c15-14(16)10-11-6-8-13(9-7-11)12-4-2-1-3-5-12;1-6-4-2-3-5-7(6)8/h1-9H,10H2,(H,15,16);2-5H,1H3. The Balaban J connectivity index is 0.000000219. The quantitative estimate of drug-likeness (QED) is 0.672. The van der Waals surface area contributed by atoms with E-state index in [0.717, 1.165) is 27.3 Å². The Morgan fingerprint density at radius 3 is 1.88 bits per heavy atom. The van der Waals surface area contributed by atoms with Crippen LogP contribution in [0.3, 0.4) is 0 Å². The molecule has 0 aromatic heterocycles. The largest absolute Gasteiger partial charge is 0.481 e. The number of hydrogen-bond acceptors (Lipinski definition) is 1. The van der Waals surface area contributed by atoms with E-state index in [1.54, 1.807) is 0 Å². The highest BCUT2D eigenvalue weighted by molar-refractivity contribution is 6.31. The second kappa shape index (κ2) is 8.90. The van der Waals surface area contributed by atoms with Crippen molar-refractivity contribution in [1.29, 1.82) is 0 Å². The van der Waals surface area contributed by atoms with E-state index in [-0.39, 0.29) is 6.42 Å². The summed E-state index contributed by atoms with van der Waals surface area (Å²) in [5.74, 6) is -0.799. The third-order valence-corrected chi connectivity index (χ3v) is 3.92. The van der Waals surface area contributed by atoms with Crippen molar-refractivity contribution in [3.05, 3.63) is 95.0 Å². The van der Waals surface area contributed by atoms with Gasteiger partial charge in [0, 0.05) is 5.02 Å². The lowest BCUT2D eigenvalue weighted by atomic mass is 10.0. The van der Waals surface area contributed by atoms with E-state index >= 15 is 0 Å². The van der Waals surface area contributed by atoms with Gasteiger partial charge in [-0.1, -0.05) is 84.4 Å². The van der Waals surface area contributed by atoms with Crippen molar-refractivity contribution >= 4 is 17.6 Å². The number of carboxylic acid groups (broad SMARTS) is 1. The highest BCUT2D eigenvalue weighted by Gasteiger charge is 2.01. The summed E-state index contributed by atoms with van der Waals surface area (Å²) in [6.45, 7) is 1.99. The zero-order valence-electron chi connectivity index (χ0n) is 13.4. The molecule has 0 unspecified atom stereocenters. The van der Waals surface area contributed by atoms with Crippen LogP contribution in [0, 0.1) is 6.92 Å². The number of carboxylic acids is 1. The zero-order chi connectivity index (χ0) is 17.4. The van der Waals surface area contributed by atoms with Crippen molar-refractivity contribution in [1.82, 2.24) is 0 Å². The van der Waals surface area contributed by atoms with Gasteiger partial charge in [-0.25, -0.2) is 0 Å². The summed E-state index contributed by atoms with van der Waals surface area (Å²) in [6, 6.07) is 25.4. The lowest BCUT2D eigenvalue weighted by Gasteiger charge is -2.02. The van der Waals surface area contributed by atoms with Crippen molar-refractivity contribution in [2.45, 2.75) is 13.3 Å². The van der Waals surface area contributed by atoms with Crippen LogP contribution in [0.15, 0.2) is 78.9 Å². The molecule has 3 aromatic rings. The third-order valence-electron chi connectivity index (χ3n) is 3.49. The number of benzene rings is 3. The molecule has 1 N–H and O–H groups in total. The maximum absolute atomic E-state index is 10.5. The average Bonchev–Trinajstić information content (AvgIpc) is 2.59. The van der Waals surface area contributed by atoms with Gasteiger partial charge < -0.3 is 5.11 Å². The first-order chi connectivity index (χ1) is 11.6. The first kappa shape index (κ1) is 17.8. The molecule has 0 aliphatic rings. The van der Waals surface area contributed by atoms with Crippen molar-refractivity contribution < 1.29 is 9.90 Å². The lowest BCUT2D eigenvalue weighted by molar-refractivity contribution is -0.136. The van der Waals surface area contributed by atoms with E-state index in [4.69, 9.17) is 16.7 Å². The van der Waals surface area contributed by atoms with Gasteiger partial charge >= 0.3 is 5.97 Å². The van der Waals surface area contributed by atoms with Crippen LogP contribution in [0.5, 0.6) is 0 Å². The Morgan fingerprint density at radius 2 is 1.38 bits per heavy atom. The molecule has 122 valence electrons. The van der Waals surface area contributed by atoms with E-state index in [1.807, 2.05) is 85.8 Å². The molecule has 0 saturated carbocycles. The predicted molar refractivity (Wildman–Crippen MR) is 99.4 cm³/mol. The summed E-state index contributed by atoms with van der Waals surface area (Å²) < 4.78 is 0. The van der Waals surface area contributed by atoms with E-state index in [2.05, 4.69) is 0 Å². The van der Waals surface area contributed by atoms with Crippen molar-refractivity contribution in [3.63, 3.8) is 0 Å². The van der Waals surface area contributed by atoms with E-state index in [1.165, 1.54) is 0 Å². The van der Waals surface area contributed by atoms with Crippen LogP contribution in [0.2, 0.25) is 5.02 Å². The smallest absolute Gasteiger partial charge is 0.307 e. The van der Waals surface area contributed by atoms with Gasteiger partial charge in [0.1, 0.15) is 0 Å². The molecule has 0 atom stereocenters. The fraction of sp³-hybridized carbons (Fsp3) is 0.0952. The molecule has 0 spiro atoms. The van der Waals surface area contributed by atoms with Crippen LogP contribution in [-0.2, 0) is 11.2 Å². The second-order valence-electron chi connectivity index (χ2n) is 5.38. The molecule has 0 heterocycles. The van der Waals surface area contributed by atoms with Crippen molar-refractivity contribution in [2.24, 2.45) is 0 Å². The summed E-state index contributed by atoms with van der Waals surface area (Å²) in [5, 5.41) is 9.49. The van der Waals surface area contributed by atoms with Gasteiger partial charge in [-0.05, 0) is 35.2 Å². The topological polar surface area (TPSA) is 37.3 Å². The molecule has 0 aliphatic carbocycles. The van der Waals surface area contributed by atoms with Crippen LogP contribution >= 0.6 is 11.6 Å². The summed E-state index contributed by atoms with van der Waals surface area (Å²) in [6.07, 6.45) is 0.0784. The fourth-order valence-electron chi connectivity index (χ4n) is 2.17. The highest BCUT2D eigenvalue weighted by atomic mass is 35.5. The zero-order valence-corrected chi connectivity index (χ0v) is 14.2. The van der Waals surface area contributed by atoms with Crippen molar-refractivity contribution in [2.75, 3.05) is 0 Å². The lowest BCUT2D eigenvalue weighted by Crippen LogP contribution is -1.99. The minimum absolute atomic E-state index is 0.0784. The van der Waals surface area contributed by atoms with Gasteiger partial charge in [-0.3, -0.25) is 4.79 Å². The predicted octanol–water partition coefficient (Wildman–Crippen LogP) is 5.63. The number of aryl methyl sites for hydroxylation is 1. The maximum atomic E-state index is 10.5. The van der Waals surface area contributed by atoms with E-state index in [9.17, 15) is 4.79 Å². The molecule has 3 aromatic carbocycles. The molecule has 0 radical (unpaired) electrons. The van der Waals surface area contributed by atoms with Crippen molar-refractivity contribution in [3.8, 4) is 11.1 Å². The Kier molecular flexibility index (Phi) is 6.59. The van der Waals surface area contributed by atoms with Crippen LogP contribution < -0.4 is 0 Å². The molecule has 0 aliphatic heterocycles. The second-order valence-corrected chi connectivity index (χ2v) is 5.79. The van der Waals surface area contributed by atoms with E-state index in [0.29, 0.717) is 0 Å². The average molecular weight is 339 g/mol. The maximum Gasteiger partial charge on any atom is 0.307 e. The molecule has 0 fully saturated rings. The molecule has 3 heteroatoms. The number of hydrogen-bond donors (Lipinski definition) is 1. The minimum atomic E-state index is -0.799. The first-order valence-corrected chi connectivity index (χ1v) is 8.01. The molecule has 0 bridgehead atoms. The summed E-state index contributed by atoms with van der Waals surface area (Å²) in [5.41, 5.74) is 4.21. The van der Waals surface area contributed by atoms with Gasteiger partial charge in [0.2, 0.25) is 0 Å². The Hall–Kier alpha value is -2.58. The van der Waals surface area contributed by atoms with Gasteiger partial charge in [-0.15, -0.1) is 0 Å².